The first kappa shape index (κ1) is 14.4. The standard InChI is InChI=1S/C16H20N4O2/c1-3-6-17-15-7-11(2)19-16(20-15)18-9-12-4-5-13-14(8-12)22-10-21-13/h4-5,7-8H,3,6,9-10H2,1-2H3,(H2,17,18,19,20). The van der Waals surface area contributed by atoms with Crippen LogP contribution in [-0.4, -0.2) is 23.3 Å². The van der Waals surface area contributed by atoms with Crippen molar-refractivity contribution in [2.24, 2.45) is 0 Å². The molecule has 3 rings (SSSR count). The number of anilines is 2. The number of nitrogens with zero attached hydrogens (tertiary/aromatic N) is 2. The summed E-state index contributed by atoms with van der Waals surface area (Å²) < 4.78 is 10.7. The molecule has 0 atom stereocenters. The van der Waals surface area contributed by atoms with E-state index >= 15 is 0 Å². The van der Waals surface area contributed by atoms with Gasteiger partial charge in [0.25, 0.3) is 0 Å². The number of nitrogens with one attached hydrogen (secondary N) is 2. The fraction of sp³-hybridized carbons (Fsp3) is 0.375. The van der Waals surface area contributed by atoms with Gasteiger partial charge in [-0.25, -0.2) is 4.98 Å². The zero-order valence-corrected chi connectivity index (χ0v) is 12.8. The van der Waals surface area contributed by atoms with Gasteiger partial charge >= 0.3 is 0 Å². The third-order valence-corrected chi connectivity index (χ3v) is 3.30. The van der Waals surface area contributed by atoms with Crippen LogP contribution in [0.5, 0.6) is 11.5 Å². The van der Waals surface area contributed by atoms with Crippen LogP contribution in [0, 0.1) is 6.92 Å². The molecule has 2 aromatic rings. The number of hydrogen-bond acceptors (Lipinski definition) is 6. The molecule has 116 valence electrons. The summed E-state index contributed by atoms with van der Waals surface area (Å²) in [6.45, 7) is 5.91. The van der Waals surface area contributed by atoms with Crippen molar-refractivity contribution < 1.29 is 9.47 Å². The molecule has 6 nitrogen and oxygen atoms in total. The molecule has 0 bridgehead atoms. The third-order valence-electron chi connectivity index (χ3n) is 3.30. The van der Waals surface area contributed by atoms with Gasteiger partial charge in [-0.15, -0.1) is 0 Å². The van der Waals surface area contributed by atoms with Gasteiger partial charge in [-0.1, -0.05) is 13.0 Å². The highest BCUT2D eigenvalue weighted by atomic mass is 16.7. The maximum absolute atomic E-state index is 5.38. The monoisotopic (exact) mass is 300 g/mol. The van der Waals surface area contributed by atoms with Crippen LogP contribution in [0.3, 0.4) is 0 Å². The minimum atomic E-state index is 0.291. The van der Waals surface area contributed by atoms with E-state index in [0.717, 1.165) is 41.5 Å². The summed E-state index contributed by atoms with van der Waals surface area (Å²) in [5, 5.41) is 6.53. The van der Waals surface area contributed by atoms with Crippen molar-refractivity contribution in [1.82, 2.24) is 9.97 Å². The largest absolute Gasteiger partial charge is 0.454 e. The quantitative estimate of drug-likeness (QED) is 0.855. The van der Waals surface area contributed by atoms with Gasteiger partial charge in [0.15, 0.2) is 11.5 Å². The number of aromatic nitrogens is 2. The topological polar surface area (TPSA) is 68.3 Å². The van der Waals surface area contributed by atoms with E-state index in [9.17, 15) is 0 Å². The number of aryl methyl sites for hydroxylation is 1. The van der Waals surface area contributed by atoms with Crippen LogP contribution >= 0.6 is 0 Å². The molecule has 0 radical (unpaired) electrons. The summed E-state index contributed by atoms with van der Waals surface area (Å²) in [4.78, 5) is 8.88. The first-order valence-electron chi connectivity index (χ1n) is 7.46. The van der Waals surface area contributed by atoms with Crippen molar-refractivity contribution in [3.05, 3.63) is 35.5 Å². The lowest BCUT2D eigenvalue weighted by Gasteiger charge is -2.09. The second-order valence-corrected chi connectivity index (χ2v) is 5.19. The Morgan fingerprint density at radius 3 is 2.82 bits per heavy atom. The number of benzene rings is 1. The second kappa shape index (κ2) is 6.51. The van der Waals surface area contributed by atoms with Gasteiger partial charge in [0.05, 0.1) is 0 Å². The van der Waals surface area contributed by atoms with Gasteiger partial charge in [-0.2, -0.15) is 4.98 Å². The van der Waals surface area contributed by atoms with Crippen molar-refractivity contribution in [3.63, 3.8) is 0 Å². The maximum atomic E-state index is 5.38. The van der Waals surface area contributed by atoms with E-state index in [1.807, 2.05) is 31.2 Å². The fourth-order valence-electron chi connectivity index (χ4n) is 2.22. The molecule has 2 heterocycles. The summed E-state index contributed by atoms with van der Waals surface area (Å²) in [5.74, 6) is 3.05. The average molecular weight is 300 g/mol. The van der Waals surface area contributed by atoms with Gasteiger partial charge in [0, 0.05) is 24.8 Å². The van der Waals surface area contributed by atoms with Crippen LogP contribution in [0.15, 0.2) is 24.3 Å². The van der Waals surface area contributed by atoms with E-state index in [2.05, 4.69) is 27.5 Å². The van der Waals surface area contributed by atoms with Gasteiger partial charge in [0.2, 0.25) is 12.7 Å². The number of hydrogen-bond donors (Lipinski definition) is 2. The molecule has 0 saturated heterocycles. The summed E-state index contributed by atoms with van der Waals surface area (Å²) in [6, 6.07) is 7.85. The van der Waals surface area contributed by atoms with Crippen molar-refractivity contribution in [2.75, 3.05) is 24.0 Å². The minimum Gasteiger partial charge on any atom is -0.454 e. The predicted octanol–water partition coefficient (Wildman–Crippen LogP) is 2.95. The molecule has 0 fully saturated rings. The summed E-state index contributed by atoms with van der Waals surface area (Å²) in [7, 11) is 0. The zero-order chi connectivity index (χ0) is 15.4. The molecular formula is C16H20N4O2. The number of rotatable bonds is 6. The molecule has 22 heavy (non-hydrogen) atoms. The molecule has 0 unspecified atom stereocenters. The van der Waals surface area contributed by atoms with E-state index in [4.69, 9.17) is 9.47 Å². The minimum absolute atomic E-state index is 0.291. The fourth-order valence-corrected chi connectivity index (χ4v) is 2.22. The van der Waals surface area contributed by atoms with E-state index in [1.54, 1.807) is 0 Å². The Hall–Kier alpha value is -2.50. The van der Waals surface area contributed by atoms with Crippen molar-refractivity contribution >= 4 is 11.8 Å². The van der Waals surface area contributed by atoms with Crippen LogP contribution in [0.1, 0.15) is 24.6 Å². The Balaban J connectivity index is 1.66. The van der Waals surface area contributed by atoms with E-state index in [-0.39, 0.29) is 0 Å². The lowest BCUT2D eigenvalue weighted by Crippen LogP contribution is -2.08. The molecule has 0 amide bonds. The SMILES string of the molecule is CCCNc1cc(C)nc(NCc2ccc3c(c2)OCO3)n1. The predicted molar refractivity (Wildman–Crippen MR) is 85.4 cm³/mol. The highest BCUT2D eigenvalue weighted by molar-refractivity contribution is 5.46. The van der Waals surface area contributed by atoms with Gasteiger partial charge in [-0.05, 0) is 31.0 Å². The number of fused-ring (bicyclic) bond motifs is 1. The Bertz CT molecular complexity index is 661. The molecule has 1 aromatic carbocycles. The van der Waals surface area contributed by atoms with Crippen molar-refractivity contribution in [3.8, 4) is 11.5 Å². The lowest BCUT2D eigenvalue weighted by molar-refractivity contribution is 0.174. The van der Waals surface area contributed by atoms with Gasteiger partial charge in [0.1, 0.15) is 5.82 Å². The highest BCUT2D eigenvalue weighted by Crippen LogP contribution is 2.32. The third kappa shape index (κ3) is 3.39. The Kier molecular flexibility index (Phi) is 4.27. The number of ether oxygens (including phenoxy) is 2. The van der Waals surface area contributed by atoms with Crippen molar-refractivity contribution in [1.29, 1.82) is 0 Å². The van der Waals surface area contributed by atoms with Crippen LogP contribution in [0.25, 0.3) is 0 Å². The zero-order valence-electron chi connectivity index (χ0n) is 12.8. The molecule has 0 aliphatic carbocycles. The summed E-state index contributed by atoms with van der Waals surface area (Å²) >= 11 is 0. The Labute approximate surface area is 129 Å². The maximum Gasteiger partial charge on any atom is 0.231 e. The van der Waals surface area contributed by atoms with E-state index in [1.165, 1.54) is 0 Å². The average Bonchev–Trinajstić information content (AvgIpc) is 2.98. The summed E-state index contributed by atoms with van der Waals surface area (Å²) in [5.41, 5.74) is 2.03. The van der Waals surface area contributed by atoms with Crippen LogP contribution in [0.2, 0.25) is 0 Å². The first-order valence-corrected chi connectivity index (χ1v) is 7.46. The van der Waals surface area contributed by atoms with Crippen molar-refractivity contribution in [2.45, 2.75) is 26.8 Å². The van der Waals surface area contributed by atoms with E-state index < -0.39 is 0 Å². The van der Waals surface area contributed by atoms with Gasteiger partial charge in [-0.3, -0.25) is 0 Å². The molecular weight excluding hydrogens is 280 g/mol. The normalized spacial score (nSPS) is 12.3. The highest BCUT2D eigenvalue weighted by Gasteiger charge is 2.13. The Morgan fingerprint density at radius 1 is 1.09 bits per heavy atom. The second-order valence-electron chi connectivity index (χ2n) is 5.19. The molecule has 1 aliphatic heterocycles. The smallest absolute Gasteiger partial charge is 0.231 e. The Morgan fingerprint density at radius 2 is 1.95 bits per heavy atom. The lowest BCUT2D eigenvalue weighted by atomic mass is 10.2. The summed E-state index contributed by atoms with van der Waals surface area (Å²) in [6.07, 6.45) is 1.06. The molecule has 1 aliphatic rings. The van der Waals surface area contributed by atoms with Crippen LogP contribution < -0.4 is 20.1 Å². The van der Waals surface area contributed by atoms with Gasteiger partial charge < -0.3 is 20.1 Å². The first-order chi connectivity index (χ1) is 10.7. The molecule has 0 spiro atoms. The molecule has 2 N–H and O–H groups in total. The molecule has 6 heteroatoms. The van der Waals surface area contributed by atoms with E-state index in [0.29, 0.717) is 19.3 Å². The molecule has 0 saturated carbocycles. The van der Waals surface area contributed by atoms with Crippen LogP contribution in [0.4, 0.5) is 11.8 Å². The van der Waals surface area contributed by atoms with Crippen LogP contribution in [-0.2, 0) is 6.54 Å². The molecule has 1 aromatic heterocycles.